The number of amides is 2. The molecule has 0 bridgehead atoms. The molecular weight excluding hydrogens is 368 g/mol. The maximum Gasteiger partial charge on any atom is 0.268 e. The van der Waals surface area contributed by atoms with E-state index in [2.05, 4.69) is 33.1 Å². The molecule has 0 aliphatic carbocycles. The normalized spacial score (nSPS) is 10.8. The van der Waals surface area contributed by atoms with Crippen LogP contribution in [0.2, 0.25) is 0 Å². The van der Waals surface area contributed by atoms with Crippen LogP contribution in [0.1, 0.15) is 15.9 Å². The van der Waals surface area contributed by atoms with Crippen LogP contribution in [0.15, 0.2) is 77.4 Å². The summed E-state index contributed by atoms with van der Waals surface area (Å²) in [7, 11) is 0. The summed E-state index contributed by atoms with van der Waals surface area (Å²) in [5, 5.41) is 5.34. The van der Waals surface area contributed by atoms with Gasteiger partial charge in [-0.3, -0.25) is 9.59 Å². The smallest absolute Gasteiger partial charge is 0.268 e. The molecular formula is C19H17BrN2O2. The van der Waals surface area contributed by atoms with Crippen LogP contribution in [0.3, 0.4) is 0 Å². The number of hydrogen-bond donors (Lipinski definition) is 2. The molecule has 0 saturated carbocycles. The van der Waals surface area contributed by atoms with Crippen molar-refractivity contribution in [1.82, 2.24) is 10.6 Å². The Hall–Kier alpha value is -2.66. The predicted molar refractivity (Wildman–Crippen MR) is 99.2 cm³/mol. The Bertz CT molecular complexity index is 753. The first kappa shape index (κ1) is 17.7. The second-order valence-electron chi connectivity index (χ2n) is 4.93. The SMILES string of the molecule is C=CCNC(=O)/C(=C/c1ccccc1)NC(=O)c1ccc(Br)cc1. The highest BCUT2D eigenvalue weighted by Crippen LogP contribution is 2.11. The highest BCUT2D eigenvalue weighted by atomic mass is 79.9. The van der Waals surface area contributed by atoms with Gasteiger partial charge in [0.1, 0.15) is 5.70 Å². The fourth-order valence-electron chi connectivity index (χ4n) is 1.93. The fourth-order valence-corrected chi connectivity index (χ4v) is 2.19. The summed E-state index contributed by atoms with van der Waals surface area (Å²) >= 11 is 3.32. The minimum absolute atomic E-state index is 0.177. The van der Waals surface area contributed by atoms with E-state index in [9.17, 15) is 9.59 Å². The Labute approximate surface area is 149 Å². The third-order valence-corrected chi connectivity index (χ3v) is 3.65. The summed E-state index contributed by atoms with van der Waals surface area (Å²) in [5.41, 5.74) is 1.46. The highest BCUT2D eigenvalue weighted by Gasteiger charge is 2.14. The van der Waals surface area contributed by atoms with E-state index in [1.54, 1.807) is 36.4 Å². The molecule has 2 rings (SSSR count). The van der Waals surface area contributed by atoms with Crippen molar-refractivity contribution in [3.8, 4) is 0 Å². The molecule has 0 saturated heterocycles. The van der Waals surface area contributed by atoms with Crippen LogP contribution in [-0.2, 0) is 4.79 Å². The highest BCUT2D eigenvalue weighted by molar-refractivity contribution is 9.10. The van der Waals surface area contributed by atoms with Gasteiger partial charge < -0.3 is 10.6 Å². The van der Waals surface area contributed by atoms with Crippen molar-refractivity contribution in [2.45, 2.75) is 0 Å². The minimum Gasteiger partial charge on any atom is -0.347 e. The first-order chi connectivity index (χ1) is 11.6. The molecule has 0 aliphatic rings. The van der Waals surface area contributed by atoms with E-state index >= 15 is 0 Å². The molecule has 0 fully saturated rings. The molecule has 2 aromatic carbocycles. The molecule has 0 heterocycles. The first-order valence-electron chi connectivity index (χ1n) is 7.33. The molecule has 0 spiro atoms. The van der Waals surface area contributed by atoms with Crippen LogP contribution < -0.4 is 10.6 Å². The first-order valence-corrected chi connectivity index (χ1v) is 8.12. The van der Waals surface area contributed by atoms with Gasteiger partial charge in [-0.1, -0.05) is 52.3 Å². The van der Waals surface area contributed by atoms with E-state index in [0.717, 1.165) is 10.0 Å². The van der Waals surface area contributed by atoms with E-state index in [-0.39, 0.29) is 17.5 Å². The Morgan fingerprint density at radius 1 is 1.04 bits per heavy atom. The van der Waals surface area contributed by atoms with E-state index < -0.39 is 0 Å². The third-order valence-electron chi connectivity index (χ3n) is 3.12. The largest absolute Gasteiger partial charge is 0.347 e. The average molecular weight is 385 g/mol. The van der Waals surface area contributed by atoms with Gasteiger partial charge >= 0.3 is 0 Å². The fraction of sp³-hybridized carbons (Fsp3) is 0.0526. The maximum atomic E-state index is 12.4. The number of carbonyl (C=O) groups is 2. The number of carbonyl (C=O) groups excluding carboxylic acids is 2. The van der Waals surface area contributed by atoms with Crippen molar-refractivity contribution in [2.75, 3.05) is 6.54 Å². The van der Waals surface area contributed by atoms with Crippen LogP contribution in [0.25, 0.3) is 6.08 Å². The molecule has 0 aliphatic heterocycles. The Morgan fingerprint density at radius 3 is 2.33 bits per heavy atom. The summed E-state index contributed by atoms with van der Waals surface area (Å²) in [5.74, 6) is -0.720. The van der Waals surface area contributed by atoms with Crippen LogP contribution in [0.4, 0.5) is 0 Å². The van der Waals surface area contributed by atoms with Crippen LogP contribution in [-0.4, -0.2) is 18.4 Å². The average Bonchev–Trinajstić information content (AvgIpc) is 2.60. The molecule has 2 N–H and O–H groups in total. The minimum atomic E-state index is -0.371. The van der Waals surface area contributed by atoms with E-state index in [1.165, 1.54) is 0 Å². The predicted octanol–water partition coefficient (Wildman–Crippen LogP) is 3.52. The number of hydrogen-bond acceptors (Lipinski definition) is 2. The Morgan fingerprint density at radius 2 is 1.71 bits per heavy atom. The summed E-state index contributed by atoms with van der Waals surface area (Å²) in [6.45, 7) is 3.89. The lowest BCUT2D eigenvalue weighted by Crippen LogP contribution is -2.34. The van der Waals surface area contributed by atoms with Gasteiger partial charge in [0.15, 0.2) is 0 Å². The molecule has 0 radical (unpaired) electrons. The number of rotatable bonds is 6. The molecule has 122 valence electrons. The van der Waals surface area contributed by atoms with Crippen LogP contribution in [0.5, 0.6) is 0 Å². The van der Waals surface area contributed by atoms with Crippen molar-refractivity contribution < 1.29 is 9.59 Å². The summed E-state index contributed by atoms with van der Waals surface area (Å²) in [4.78, 5) is 24.6. The molecule has 0 atom stereocenters. The van der Waals surface area contributed by atoms with Gasteiger partial charge in [-0.2, -0.15) is 0 Å². The van der Waals surface area contributed by atoms with Gasteiger partial charge in [-0.15, -0.1) is 6.58 Å². The van der Waals surface area contributed by atoms with Gasteiger partial charge in [0.25, 0.3) is 11.8 Å². The van der Waals surface area contributed by atoms with Crippen molar-refractivity contribution in [1.29, 1.82) is 0 Å². The lowest BCUT2D eigenvalue weighted by atomic mass is 10.1. The Kier molecular flexibility index (Phi) is 6.51. The maximum absolute atomic E-state index is 12.4. The third kappa shape index (κ3) is 5.21. The quantitative estimate of drug-likeness (QED) is 0.591. The zero-order valence-electron chi connectivity index (χ0n) is 13.0. The zero-order valence-corrected chi connectivity index (χ0v) is 14.5. The van der Waals surface area contributed by atoms with Crippen molar-refractivity contribution in [3.63, 3.8) is 0 Å². The second kappa shape index (κ2) is 8.84. The van der Waals surface area contributed by atoms with Crippen molar-refractivity contribution in [3.05, 3.63) is 88.5 Å². The van der Waals surface area contributed by atoms with Gasteiger partial charge in [0.2, 0.25) is 0 Å². The van der Waals surface area contributed by atoms with Gasteiger partial charge in [-0.05, 0) is 35.9 Å². The molecule has 5 heteroatoms. The standard InChI is InChI=1S/C19H17BrN2O2/c1-2-12-21-19(24)17(13-14-6-4-3-5-7-14)22-18(23)15-8-10-16(20)11-9-15/h2-11,13H,1,12H2,(H,21,24)(H,22,23)/b17-13-. The molecule has 24 heavy (non-hydrogen) atoms. The second-order valence-corrected chi connectivity index (χ2v) is 5.84. The van der Waals surface area contributed by atoms with Gasteiger partial charge in [-0.25, -0.2) is 0 Å². The lowest BCUT2D eigenvalue weighted by Gasteiger charge is -2.10. The number of nitrogens with one attached hydrogen (secondary N) is 2. The van der Waals surface area contributed by atoms with E-state index in [4.69, 9.17) is 0 Å². The molecule has 2 amide bonds. The van der Waals surface area contributed by atoms with Crippen LogP contribution in [0, 0.1) is 0 Å². The molecule has 4 nitrogen and oxygen atoms in total. The van der Waals surface area contributed by atoms with E-state index in [0.29, 0.717) is 12.1 Å². The molecule has 2 aromatic rings. The lowest BCUT2D eigenvalue weighted by molar-refractivity contribution is -0.117. The van der Waals surface area contributed by atoms with Crippen molar-refractivity contribution in [2.24, 2.45) is 0 Å². The summed E-state index contributed by atoms with van der Waals surface area (Å²) in [6.07, 6.45) is 3.21. The summed E-state index contributed by atoms with van der Waals surface area (Å²) in [6, 6.07) is 16.2. The molecule has 0 aromatic heterocycles. The topological polar surface area (TPSA) is 58.2 Å². The zero-order chi connectivity index (χ0) is 17.4. The van der Waals surface area contributed by atoms with Crippen LogP contribution >= 0.6 is 15.9 Å². The van der Waals surface area contributed by atoms with Gasteiger partial charge in [0, 0.05) is 16.6 Å². The monoisotopic (exact) mass is 384 g/mol. The van der Waals surface area contributed by atoms with Crippen molar-refractivity contribution >= 4 is 33.8 Å². The number of halogens is 1. The number of benzene rings is 2. The Balaban J connectivity index is 2.23. The van der Waals surface area contributed by atoms with Gasteiger partial charge in [0.05, 0.1) is 0 Å². The van der Waals surface area contributed by atoms with E-state index in [1.807, 2.05) is 30.3 Å². The summed E-state index contributed by atoms with van der Waals surface area (Å²) < 4.78 is 0.878. The molecule has 0 unspecified atom stereocenters.